The van der Waals surface area contributed by atoms with Crippen molar-refractivity contribution in [2.45, 2.75) is 19.7 Å². The molecule has 17 heavy (non-hydrogen) atoms. The molecule has 0 saturated carbocycles. The van der Waals surface area contributed by atoms with E-state index < -0.39 is 0 Å². The fourth-order valence-electron chi connectivity index (χ4n) is 1.61. The molecule has 1 heterocycles. The van der Waals surface area contributed by atoms with Crippen molar-refractivity contribution in [1.29, 1.82) is 0 Å². The lowest BCUT2D eigenvalue weighted by atomic mass is 10.1. The summed E-state index contributed by atoms with van der Waals surface area (Å²) in [5.41, 5.74) is 1.89. The number of para-hydroxylation sites is 1. The largest absolute Gasteiger partial charge is 0.477 e. The molecule has 3 heteroatoms. The van der Waals surface area contributed by atoms with E-state index in [1.807, 2.05) is 30.3 Å². The average molecular weight is 250 g/mol. The molecule has 0 amide bonds. The minimum absolute atomic E-state index is 0.422. The zero-order valence-electron chi connectivity index (χ0n) is 10.1. The Labute approximate surface area is 107 Å². The summed E-state index contributed by atoms with van der Waals surface area (Å²) in [6.45, 7) is 4.89. The lowest BCUT2D eigenvalue weighted by molar-refractivity contribution is 0.260. The van der Waals surface area contributed by atoms with Crippen LogP contribution in [0.2, 0.25) is 0 Å². The van der Waals surface area contributed by atoms with Crippen molar-refractivity contribution in [2.24, 2.45) is 5.92 Å². The molecule has 2 rings (SSSR count). The van der Waals surface area contributed by atoms with Crippen LogP contribution >= 0.6 is 11.6 Å². The SMILES string of the molecule is CC(C)COc1nc2ccccc2cc1CCl. The molecule has 0 bridgehead atoms. The Morgan fingerprint density at radius 1 is 1.29 bits per heavy atom. The van der Waals surface area contributed by atoms with Gasteiger partial charge in [0.05, 0.1) is 18.0 Å². The first-order valence-electron chi connectivity index (χ1n) is 5.78. The Hall–Kier alpha value is -1.28. The summed E-state index contributed by atoms with van der Waals surface area (Å²) in [5, 5.41) is 1.10. The second kappa shape index (κ2) is 5.37. The lowest BCUT2D eigenvalue weighted by Crippen LogP contribution is -2.07. The fourth-order valence-corrected chi connectivity index (χ4v) is 1.80. The van der Waals surface area contributed by atoms with Gasteiger partial charge in [0.25, 0.3) is 0 Å². The minimum Gasteiger partial charge on any atom is -0.477 e. The second-order valence-electron chi connectivity index (χ2n) is 4.48. The van der Waals surface area contributed by atoms with Gasteiger partial charge in [0, 0.05) is 10.9 Å². The summed E-state index contributed by atoms with van der Waals surface area (Å²) in [5.74, 6) is 1.56. The van der Waals surface area contributed by atoms with E-state index in [0.717, 1.165) is 16.5 Å². The van der Waals surface area contributed by atoms with Crippen LogP contribution in [-0.2, 0) is 5.88 Å². The van der Waals surface area contributed by atoms with E-state index in [1.54, 1.807) is 0 Å². The molecule has 0 spiro atoms. The molecule has 2 aromatic rings. The van der Waals surface area contributed by atoms with Gasteiger partial charge < -0.3 is 4.74 Å². The molecule has 0 aliphatic rings. The van der Waals surface area contributed by atoms with E-state index in [2.05, 4.69) is 18.8 Å². The number of aromatic nitrogens is 1. The van der Waals surface area contributed by atoms with Crippen LogP contribution in [0.3, 0.4) is 0 Å². The second-order valence-corrected chi connectivity index (χ2v) is 4.75. The Balaban J connectivity index is 2.38. The van der Waals surface area contributed by atoms with E-state index in [0.29, 0.717) is 24.3 Å². The Kier molecular flexibility index (Phi) is 3.85. The van der Waals surface area contributed by atoms with Crippen LogP contribution in [0.4, 0.5) is 0 Å². The molecular weight excluding hydrogens is 234 g/mol. The van der Waals surface area contributed by atoms with Gasteiger partial charge in [-0.2, -0.15) is 0 Å². The summed E-state index contributed by atoms with van der Waals surface area (Å²) in [6, 6.07) is 10.0. The number of ether oxygens (including phenoxy) is 1. The van der Waals surface area contributed by atoms with Crippen molar-refractivity contribution in [3.8, 4) is 5.88 Å². The molecular formula is C14H16ClNO. The van der Waals surface area contributed by atoms with Gasteiger partial charge in [0.1, 0.15) is 0 Å². The number of hydrogen-bond donors (Lipinski definition) is 0. The van der Waals surface area contributed by atoms with Crippen molar-refractivity contribution in [2.75, 3.05) is 6.61 Å². The lowest BCUT2D eigenvalue weighted by Gasteiger charge is -2.11. The van der Waals surface area contributed by atoms with Crippen LogP contribution in [0.25, 0.3) is 10.9 Å². The molecule has 0 atom stereocenters. The summed E-state index contributed by atoms with van der Waals surface area (Å²) in [7, 11) is 0. The van der Waals surface area contributed by atoms with Gasteiger partial charge in [-0.15, -0.1) is 11.6 Å². The fraction of sp³-hybridized carbons (Fsp3) is 0.357. The predicted octanol–water partition coefficient (Wildman–Crippen LogP) is 4.01. The smallest absolute Gasteiger partial charge is 0.218 e. The molecule has 0 fully saturated rings. The van der Waals surface area contributed by atoms with Crippen LogP contribution in [0.5, 0.6) is 5.88 Å². The van der Waals surface area contributed by atoms with Crippen molar-refractivity contribution in [3.05, 3.63) is 35.9 Å². The summed E-state index contributed by atoms with van der Waals surface area (Å²) in [4.78, 5) is 4.51. The molecule has 1 aromatic heterocycles. The number of pyridine rings is 1. The molecule has 0 N–H and O–H groups in total. The highest BCUT2D eigenvalue weighted by molar-refractivity contribution is 6.17. The monoisotopic (exact) mass is 249 g/mol. The van der Waals surface area contributed by atoms with E-state index in [4.69, 9.17) is 16.3 Å². The number of nitrogens with zero attached hydrogens (tertiary/aromatic N) is 1. The summed E-state index contributed by atoms with van der Waals surface area (Å²) >= 11 is 5.93. The third kappa shape index (κ3) is 2.89. The van der Waals surface area contributed by atoms with E-state index in [-0.39, 0.29) is 0 Å². The van der Waals surface area contributed by atoms with E-state index in [1.165, 1.54) is 0 Å². The van der Waals surface area contributed by atoms with Crippen molar-refractivity contribution >= 4 is 22.5 Å². The zero-order valence-corrected chi connectivity index (χ0v) is 10.9. The first-order valence-corrected chi connectivity index (χ1v) is 6.31. The zero-order chi connectivity index (χ0) is 12.3. The van der Waals surface area contributed by atoms with Gasteiger partial charge in [-0.05, 0) is 18.1 Å². The van der Waals surface area contributed by atoms with Crippen LogP contribution in [-0.4, -0.2) is 11.6 Å². The topological polar surface area (TPSA) is 22.1 Å². The van der Waals surface area contributed by atoms with Crippen molar-refractivity contribution < 1.29 is 4.74 Å². The average Bonchev–Trinajstić information content (AvgIpc) is 2.35. The molecule has 0 aliphatic heterocycles. The Bertz CT molecular complexity index is 511. The number of rotatable bonds is 4. The van der Waals surface area contributed by atoms with Gasteiger partial charge in [0.2, 0.25) is 5.88 Å². The number of halogens is 1. The molecule has 0 saturated heterocycles. The molecule has 2 nitrogen and oxygen atoms in total. The number of fused-ring (bicyclic) bond motifs is 1. The predicted molar refractivity (Wildman–Crippen MR) is 71.6 cm³/mol. The molecule has 0 radical (unpaired) electrons. The summed E-state index contributed by atoms with van der Waals surface area (Å²) < 4.78 is 5.70. The van der Waals surface area contributed by atoms with Crippen LogP contribution < -0.4 is 4.74 Å². The Morgan fingerprint density at radius 3 is 2.76 bits per heavy atom. The van der Waals surface area contributed by atoms with Gasteiger partial charge in [-0.25, -0.2) is 4.98 Å². The highest BCUT2D eigenvalue weighted by Crippen LogP contribution is 2.24. The van der Waals surface area contributed by atoms with Gasteiger partial charge >= 0.3 is 0 Å². The quantitative estimate of drug-likeness (QED) is 0.764. The molecule has 90 valence electrons. The number of hydrogen-bond acceptors (Lipinski definition) is 2. The summed E-state index contributed by atoms with van der Waals surface area (Å²) in [6.07, 6.45) is 0. The van der Waals surface area contributed by atoms with Gasteiger partial charge in [-0.1, -0.05) is 32.0 Å². The third-order valence-electron chi connectivity index (χ3n) is 2.46. The molecule has 0 aliphatic carbocycles. The maximum Gasteiger partial charge on any atom is 0.218 e. The highest BCUT2D eigenvalue weighted by Gasteiger charge is 2.08. The van der Waals surface area contributed by atoms with Crippen LogP contribution in [0, 0.1) is 5.92 Å². The standard InChI is InChI=1S/C14H16ClNO/c1-10(2)9-17-14-12(8-15)7-11-5-3-4-6-13(11)16-14/h3-7,10H,8-9H2,1-2H3. The third-order valence-corrected chi connectivity index (χ3v) is 2.75. The van der Waals surface area contributed by atoms with Gasteiger partial charge in [-0.3, -0.25) is 0 Å². The van der Waals surface area contributed by atoms with Crippen molar-refractivity contribution in [1.82, 2.24) is 4.98 Å². The molecule has 0 unspecified atom stereocenters. The maximum atomic E-state index is 5.93. The van der Waals surface area contributed by atoms with Crippen LogP contribution in [0.1, 0.15) is 19.4 Å². The number of alkyl halides is 1. The van der Waals surface area contributed by atoms with Gasteiger partial charge in [0.15, 0.2) is 0 Å². The normalized spacial score (nSPS) is 11.1. The van der Waals surface area contributed by atoms with E-state index in [9.17, 15) is 0 Å². The van der Waals surface area contributed by atoms with Crippen LogP contribution in [0.15, 0.2) is 30.3 Å². The van der Waals surface area contributed by atoms with Crippen molar-refractivity contribution in [3.63, 3.8) is 0 Å². The first kappa shape index (κ1) is 12.2. The minimum atomic E-state index is 0.422. The first-order chi connectivity index (χ1) is 8.20. The highest BCUT2D eigenvalue weighted by atomic mass is 35.5. The maximum absolute atomic E-state index is 5.93. The number of benzene rings is 1. The Morgan fingerprint density at radius 2 is 2.06 bits per heavy atom. The van der Waals surface area contributed by atoms with E-state index >= 15 is 0 Å². The molecule has 1 aromatic carbocycles.